The highest BCUT2D eigenvalue weighted by atomic mass is 35.5. The van der Waals surface area contributed by atoms with Gasteiger partial charge in [0.2, 0.25) is 0 Å². The molecule has 1 aliphatic heterocycles. The van der Waals surface area contributed by atoms with Gasteiger partial charge in [-0.1, -0.05) is 13.8 Å². The predicted molar refractivity (Wildman–Crippen MR) is 98.5 cm³/mol. The maximum Gasteiger partial charge on any atom is 0.264 e. The van der Waals surface area contributed by atoms with Crippen molar-refractivity contribution in [2.75, 3.05) is 27.2 Å². The van der Waals surface area contributed by atoms with Crippen molar-refractivity contribution in [3.63, 3.8) is 0 Å². The fraction of sp³-hybridized carbons (Fsp3) is 0.667. The Bertz CT molecular complexity index is 491. The topological polar surface area (TPSA) is 49.6 Å². The molecule has 1 saturated heterocycles. The van der Waals surface area contributed by atoms with E-state index in [1.807, 2.05) is 24.4 Å². The number of amides is 1. The van der Waals surface area contributed by atoms with Gasteiger partial charge in [-0.3, -0.25) is 4.79 Å². The number of likely N-dealkylation sites (tertiary alicyclic amines) is 1. The standard InChI is InChI=1S/C15H25N3OS.2ClH/c1-15(2)10-18(7-5-12(15)16)14(19)13-11(6-8-20-13)9-17(3)4;;/h6,8,12H,5,7,9-10,16H2,1-4H3;2*1H. The Hall–Kier alpha value is -0.330. The molecule has 0 spiro atoms. The number of carbonyl (C=O) groups excluding carboxylic acids is 1. The van der Waals surface area contributed by atoms with Gasteiger partial charge >= 0.3 is 0 Å². The molecule has 7 heteroatoms. The summed E-state index contributed by atoms with van der Waals surface area (Å²) in [5.74, 6) is 0.164. The monoisotopic (exact) mass is 367 g/mol. The van der Waals surface area contributed by atoms with E-state index in [-0.39, 0.29) is 42.2 Å². The molecule has 1 fully saturated rings. The summed E-state index contributed by atoms with van der Waals surface area (Å²) < 4.78 is 0. The SMILES string of the molecule is CN(C)Cc1ccsc1C(=O)N1CCC(N)C(C)(C)C1.Cl.Cl. The number of nitrogens with zero attached hydrogens (tertiary/aromatic N) is 2. The summed E-state index contributed by atoms with van der Waals surface area (Å²) in [7, 11) is 4.05. The van der Waals surface area contributed by atoms with Crippen LogP contribution < -0.4 is 5.73 Å². The number of hydrogen-bond donors (Lipinski definition) is 1. The van der Waals surface area contributed by atoms with Crippen molar-refractivity contribution < 1.29 is 4.79 Å². The molecule has 1 aliphatic rings. The van der Waals surface area contributed by atoms with E-state index < -0.39 is 0 Å². The lowest BCUT2D eigenvalue weighted by molar-refractivity contribution is 0.0536. The summed E-state index contributed by atoms with van der Waals surface area (Å²) in [6, 6.07) is 2.23. The zero-order chi connectivity index (χ0) is 14.9. The van der Waals surface area contributed by atoms with Gasteiger partial charge in [0.25, 0.3) is 5.91 Å². The van der Waals surface area contributed by atoms with Crippen LogP contribution in [0.15, 0.2) is 11.4 Å². The Morgan fingerprint density at radius 1 is 1.45 bits per heavy atom. The zero-order valence-corrected chi connectivity index (χ0v) is 16.1. The van der Waals surface area contributed by atoms with Gasteiger partial charge in [-0.15, -0.1) is 36.2 Å². The smallest absolute Gasteiger partial charge is 0.264 e. The molecule has 2 N–H and O–H groups in total. The second kappa shape index (κ2) is 8.50. The van der Waals surface area contributed by atoms with Crippen molar-refractivity contribution in [3.8, 4) is 0 Å². The van der Waals surface area contributed by atoms with E-state index in [1.165, 1.54) is 0 Å². The van der Waals surface area contributed by atoms with Crippen molar-refractivity contribution >= 4 is 42.1 Å². The molecule has 4 nitrogen and oxygen atoms in total. The molecular formula is C15H27Cl2N3OS. The lowest BCUT2D eigenvalue weighted by Crippen LogP contribution is -2.54. The number of thiophene rings is 1. The van der Waals surface area contributed by atoms with Gasteiger partial charge in [-0.05, 0) is 42.9 Å². The highest BCUT2D eigenvalue weighted by Crippen LogP contribution is 2.30. The first-order chi connectivity index (χ1) is 9.31. The zero-order valence-electron chi connectivity index (χ0n) is 13.7. The molecule has 1 amide bonds. The molecule has 0 aromatic carbocycles. The molecule has 0 radical (unpaired) electrons. The maximum absolute atomic E-state index is 12.7. The normalized spacial score (nSPS) is 20.3. The van der Waals surface area contributed by atoms with Gasteiger partial charge in [0.1, 0.15) is 0 Å². The highest BCUT2D eigenvalue weighted by Gasteiger charge is 2.36. The first-order valence-corrected chi connectivity index (χ1v) is 7.95. The summed E-state index contributed by atoms with van der Waals surface area (Å²) >= 11 is 1.55. The van der Waals surface area contributed by atoms with E-state index in [4.69, 9.17) is 5.73 Å². The minimum Gasteiger partial charge on any atom is -0.337 e. The molecule has 0 aliphatic carbocycles. The van der Waals surface area contributed by atoms with Crippen molar-refractivity contribution in [3.05, 3.63) is 21.9 Å². The summed E-state index contributed by atoms with van der Waals surface area (Å²) in [5.41, 5.74) is 7.26. The van der Waals surface area contributed by atoms with Gasteiger partial charge in [0.05, 0.1) is 4.88 Å². The third-order valence-electron chi connectivity index (χ3n) is 4.03. The van der Waals surface area contributed by atoms with E-state index >= 15 is 0 Å². The molecule has 1 atom stereocenters. The third-order valence-corrected chi connectivity index (χ3v) is 4.97. The van der Waals surface area contributed by atoms with E-state index in [9.17, 15) is 4.79 Å². The van der Waals surface area contributed by atoms with Crippen molar-refractivity contribution in [2.24, 2.45) is 11.1 Å². The van der Waals surface area contributed by atoms with Crippen LogP contribution in [0.5, 0.6) is 0 Å². The summed E-state index contributed by atoms with van der Waals surface area (Å²) in [5, 5.41) is 2.01. The van der Waals surface area contributed by atoms with Gasteiger partial charge in [0, 0.05) is 25.7 Å². The van der Waals surface area contributed by atoms with Crippen molar-refractivity contribution in [1.29, 1.82) is 0 Å². The van der Waals surface area contributed by atoms with Crippen molar-refractivity contribution in [2.45, 2.75) is 32.9 Å². The Labute approximate surface area is 149 Å². The number of rotatable bonds is 3. The Morgan fingerprint density at radius 2 is 2.09 bits per heavy atom. The van der Waals surface area contributed by atoms with Gasteiger partial charge < -0.3 is 15.5 Å². The lowest BCUT2D eigenvalue weighted by Gasteiger charge is -2.42. The minimum absolute atomic E-state index is 0. The predicted octanol–water partition coefficient (Wildman–Crippen LogP) is 2.85. The van der Waals surface area contributed by atoms with Crippen LogP contribution in [0.1, 0.15) is 35.5 Å². The van der Waals surface area contributed by atoms with Crippen LogP contribution in [0.4, 0.5) is 0 Å². The van der Waals surface area contributed by atoms with Gasteiger partial charge in [-0.2, -0.15) is 0 Å². The van der Waals surface area contributed by atoms with Crippen LogP contribution in [0.25, 0.3) is 0 Å². The molecule has 128 valence electrons. The van der Waals surface area contributed by atoms with Crippen molar-refractivity contribution in [1.82, 2.24) is 9.80 Å². The van der Waals surface area contributed by atoms with Crippen LogP contribution in [-0.4, -0.2) is 48.9 Å². The molecule has 1 aromatic rings. The Morgan fingerprint density at radius 3 is 2.64 bits per heavy atom. The average molecular weight is 368 g/mol. The molecule has 1 aromatic heterocycles. The molecule has 1 unspecified atom stereocenters. The summed E-state index contributed by atoms with van der Waals surface area (Å²) in [4.78, 5) is 17.7. The maximum atomic E-state index is 12.7. The first kappa shape index (κ1) is 21.7. The number of halogens is 2. The fourth-order valence-corrected chi connectivity index (χ4v) is 3.56. The van der Waals surface area contributed by atoms with Crippen LogP contribution in [-0.2, 0) is 6.54 Å². The molecule has 2 heterocycles. The number of piperidine rings is 1. The molecule has 22 heavy (non-hydrogen) atoms. The van der Waals surface area contributed by atoms with Crippen LogP contribution in [0.2, 0.25) is 0 Å². The fourth-order valence-electron chi connectivity index (χ4n) is 2.68. The molecule has 0 bridgehead atoms. The molecule has 0 saturated carbocycles. The number of nitrogens with two attached hydrogens (primary N) is 1. The second-order valence-electron chi connectivity index (χ2n) is 6.62. The largest absolute Gasteiger partial charge is 0.337 e. The van der Waals surface area contributed by atoms with Crippen LogP contribution in [0, 0.1) is 5.41 Å². The minimum atomic E-state index is -0.00706. The Balaban J connectivity index is 0.00000220. The average Bonchev–Trinajstić information content (AvgIpc) is 2.79. The third kappa shape index (κ3) is 4.83. The molecular weight excluding hydrogens is 341 g/mol. The summed E-state index contributed by atoms with van der Waals surface area (Å²) in [6.45, 7) is 6.61. The first-order valence-electron chi connectivity index (χ1n) is 7.07. The van der Waals surface area contributed by atoms with Gasteiger partial charge in [-0.25, -0.2) is 0 Å². The lowest BCUT2D eigenvalue weighted by atomic mass is 9.79. The number of carbonyl (C=O) groups is 1. The second-order valence-corrected chi connectivity index (χ2v) is 7.54. The van der Waals surface area contributed by atoms with Crippen LogP contribution in [0.3, 0.4) is 0 Å². The van der Waals surface area contributed by atoms with E-state index in [0.717, 1.165) is 36.5 Å². The highest BCUT2D eigenvalue weighted by molar-refractivity contribution is 7.12. The quantitative estimate of drug-likeness (QED) is 0.893. The van der Waals surface area contributed by atoms with E-state index in [0.29, 0.717) is 0 Å². The van der Waals surface area contributed by atoms with E-state index in [1.54, 1.807) is 11.3 Å². The van der Waals surface area contributed by atoms with Gasteiger partial charge in [0.15, 0.2) is 0 Å². The van der Waals surface area contributed by atoms with E-state index in [2.05, 4.69) is 24.8 Å². The summed E-state index contributed by atoms with van der Waals surface area (Å²) in [6.07, 6.45) is 0.882. The number of hydrogen-bond acceptors (Lipinski definition) is 4. The van der Waals surface area contributed by atoms with Crippen LogP contribution >= 0.6 is 36.2 Å². The molecule has 2 rings (SSSR count). The Kier molecular flexibility index (Phi) is 8.37.